The van der Waals surface area contributed by atoms with Crippen molar-refractivity contribution in [3.05, 3.63) is 58.8 Å². The van der Waals surface area contributed by atoms with E-state index < -0.39 is 5.97 Å². The number of carboxylic acid groups (broad SMARTS) is 1. The molecule has 0 radical (unpaired) electrons. The molecule has 0 saturated carbocycles. The second-order valence-electron chi connectivity index (χ2n) is 4.36. The molecule has 2 heterocycles. The molecular weight excluding hydrogens is 334 g/mol. The first-order valence-corrected chi connectivity index (χ1v) is 6.94. The van der Waals surface area contributed by atoms with E-state index in [1.54, 1.807) is 18.5 Å². The average molecular weight is 344 g/mol. The smallest absolute Gasteiger partial charge is 0.339 e. The summed E-state index contributed by atoms with van der Waals surface area (Å²) in [6.07, 6.45) is 3.24. The minimum absolute atomic E-state index is 0.117. The van der Waals surface area contributed by atoms with Crippen LogP contribution in [-0.2, 0) is 0 Å². The molecule has 0 unspecified atom stereocenters. The number of nitrogens with zero attached hydrogens (tertiary/aromatic N) is 2. The van der Waals surface area contributed by atoms with Crippen LogP contribution in [0.3, 0.4) is 0 Å². The molecular formula is C15H10BrN3O2. The number of pyridine rings is 2. The van der Waals surface area contributed by atoms with E-state index in [1.165, 1.54) is 6.07 Å². The molecule has 0 fully saturated rings. The number of fused-ring (bicyclic) bond motifs is 1. The molecule has 0 bridgehead atoms. The Labute approximate surface area is 128 Å². The standard InChI is InChI=1S/C15H10BrN3O2/c16-10-7-9-3-1-5-12(13(9)18-8-10)19-14-11(15(20)21)4-2-6-17-14/h1-8H,(H,17,19)(H,20,21). The zero-order valence-corrected chi connectivity index (χ0v) is 12.3. The highest BCUT2D eigenvalue weighted by Crippen LogP contribution is 2.27. The Morgan fingerprint density at radius 3 is 2.86 bits per heavy atom. The van der Waals surface area contributed by atoms with Crippen molar-refractivity contribution in [1.29, 1.82) is 0 Å². The molecule has 3 rings (SSSR count). The lowest BCUT2D eigenvalue weighted by atomic mass is 10.2. The largest absolute Gasteiger partial charge is 0.478 e. The van der Waals surface area contributed by atoms with Crippen LogP contribution in [0, 0.1) is 0 Å². The first kappa shape index (κ1) is 13.5. The summed E-state index contributed by atoms with van der Waals surface area (Å²) in [6, 6.07) is 10.7. The third-order valence-corrected chi connectivity index (χ3v) is 3.40. The number of hydrogen-bond donors (Lipinski definition) is 2. The molecule has 104 valence electrons. The number of anilines is 2. The van der Waals surface area contributed by atoms with Gasteiger partial charge in [0, 0.05) is 22.3 Å². The Hall–Kier alpha value is -2.47. The first-order valence-electron chi connectivity index (χ1n) is 6.15. The summed E-state index contributed by atoms with van der Waals surface area (Å²) in [5, 5.41) is 13.2. The predicted octanol–water partition coefficient (Wildman–Crippen LogP) is 3.83. The van der Waals surface area contributed by atoms with E-state index in [9.17, 15) is 9.90 Å². The molecule has 0 spiro atoms. The molecule has 0 saturated heterocycles. The third kappa shape index (κ3) is 2.71. The Morgan fingerprint density at radius 2 is 2.05 bits per heavy atom. The highest BCUT2D eigenvalue weighted by Gasteiger charge is 2.12. The van der Waals surface area contributed by atoms with Gasteiger partial charge >= 0.3 is 5.97 Å². The predicted molar refractivity (Wildman–Crippen MR) is 83.9 cm³/mol. The lowest BCUT2D eigenvalue weighted by Gasteiger charge is -2.10. The molecule has 0 atom stereocenters. The maximum atomic E-state index is 11.2. The summed E-state index contributed by atoms with van der Waals surface area (Å²) in [4.78, 5) is 19.7. The fourth-order valence-electron chi connectivity index (χ4n) is 2.04. The number of nitrogens with one attached hydrogen (secondary N) is 1. The normalized spacial score (nSPS) is 10.5. The summed E-state index contributed by atoms with van der Waals surface area (Å²) in [5.74, 6) is -0.733. The van der Waals surface area contributed by atoms with E-state index in [4.69, 9.17) is 0 Å². The van der Waals surface area contributed by atoms with Gasteiger partial charge in [-0.25, -0.2) is 9.78 Å². The molecule has 3 aromatic rings. The van der Waals surface area contributed by atoms with Gasteiger partial charge in [0.05, 0.1) is 11.2 Å². The van der Waals surface area contributed by atoms with Crippen molar-refractivity contribution in [2.45, 2.75) is 0 Å². The molecule has 2 aromatic heterocycles. The number of carbonyl (C=O) groups is 1. The number of rotatable bonds is 3. The highest BCUT2D eigenvalue weighted by molar-refractivity contribution is 9.10. The van der Waals surface area contributed by atoms with Crippen LogP contribution in [0.4, 0.5) is 11.5 Å². The Balaban J connectivity index is 2.09. The average Bonchev–Trinajstić information content (AvgIpc) is 2.47. The third-order valence-electron chi connectivity index (χ3n) is 2.97. The first-order chi connectivity index (χ1) is 10.1. The Bertz CT molecular complexity index is 836. The van der Waals surface area contributed by atoms with Crippen LogP contribution >= 0.6 is 15.9 Å². The number of aromatic carboxylic acids is 1. The summed E-state index contributed by atoms with van der Waals surface area (Å²) < 4.78 is 0.885. The van der Waals surface area contributed by atoms with Gasteiger partial charge in [0.15, 0.2) is 0 Å². The molecule has 6 heteroatoms. The quantitative estimate of drug-likeness (QED) is 0.755. The van der Waals surface area contributed by atoms with E-state index in [2.05, 4.69) is 31.2 Å². The van der Waals surface area contributed by atoms with E-state index in [0.717, 1.165) is 15.4 Å². The van der Waals surface area contributed by atoms with Gasteiger partial charge < -0.3 is 10.4 Å². The van der Waals surface area contributed by atoms with Crippen LogP contribution in [0.5, 0.6) is 0 Å². The van der Waals surface area contributed by atoms with Gasteiger partial charge in [0.25, 0.3) is 0 Å². The maximum Gasteiger partial charge on any atom is 0.339 e. The van der Waals surface area contributed by atoms with Crippen LogP contribution in [-0.4, -0.2) is 21.0 Å². The summed E-state index contributed by atoms with van der Waals surface area (Å²) in [7, 11) is 0. The molecule has 0 amide bonds. The number of halogens is 1. The molecule has 0 aliphatic rings. The van der Waals surface area contributed by atoms with Crippen molar-refractivity contribution in [2.75, 3.05) is 5.32 Å². The van der Waals surface area contributed by atoms with Gasteiger partial charge in [-0.05, 0) is 40.2 Å². The SMILES string of the molecule is O=C(O)c1cccnc1Nc1cccc2cc(Br)cnc12. The van der Waals surface area contributed by atoms with Gasteiger partial charge in [-0.2, -0.15) is 0 Å². The topological polar surface area (TPSA) is 75.1 Å². The van der Waals surface area contributed by atoms with E-state index in [-0.39, 0.29) is 5.56 Å². The lowest BCUT2D eigenvalue weighted by Crippen LogP contribution is -2.04. The molecule has 21 heavy (non-hydrogen) atoms. The second-order valence-corrected chi connectivity index (χ2v) is 5.28. The van der Waals surface area contributed by atoms with Gasteiger partial charge in [0.1, 0.15) is 11.4 Å². The summed E-state index contributed by atoms with van der Waals surface area (Å²) in [6.45, 7) is 0. The van der Waals surface area contributed by atoms with Crippen LogP contribution in [0.2, 0.25) is 0 Å². The minimum atomic E-state index is -1.03. The van der Waals surface area contributed by atoms with Crippen molar-refractivity contribution in [1.82, 2.24) is 9.97 Å². The van der Waals surface area contributed by atoms with E-state index in [0.29, 0.717) is 11.5 Å². The summed E-state index contributed by atoms with van der Waals surface area (Å²) in [5.41, 5.74) is 1.58. The lowest BCUT2D eigenvalue weighted by molar-refractivity contribution is 0.0697. The van der Waals surface area contributed by atoms with Crippen molar-refractivity contribution >= 4 is 44.3 Å². The Kier molecular flexibility index (Phi) is 3.53. The molecule has 0 aliphatic heterocycles. The zero-order chi connectivity index (χ0) is 14.8. The van der Waals surface area contributed by atoms with Crippen LogP contribution in [0.15, 0.2) is 53.3 Å². The van der Waals surface area contributed by atoms with Gasteiger partial charge in [0.2, 0.25) is 0 Å². The second kappa shape index (κ2) is 5.49. The number of hydrogen-bond acceptors (Lipinski definition) is 4. The number of aromatic nitrogens is 2. The molecule has 0 aliphatic carbocycles. The monoisotopic (exact) mass is 343 g/mol. The minimum Gasteiger partial charge on any atom is -0.478 e. The maximum absolute atomic E-state index is 11.2. The number of para-hydroxylation sites is 1. The van der Waals surface area contributed by atoms with Gasteiger partial charge in [-0.15, -0.1) is 0 Å². The summed E-state index contributed by atoms with van der Waals surface area (Å²) >= 11 is 3.38. The molecule has 5 nitrogen and oxygen atoms in total. The van der Waals surface area contributed by atoms with Crippen LogP contribution in [0.25, 0.3) is 10.9 Å². The van der Waals surface area contributed by atoms with Crippen molar-refractivity contribution in [3.8, 4) is 0 Å². The van der Waals surface area contributed by atoms with Gasteiger partial charge in [-0.1, -0.05) is 12.1 Å². The molecule has 2 N–H and O–H groups in total. The van der Waals surface area contributed by atoms with E-state index in [1.807, 2.05) is 24.3 Å². The van der Waals surface area contributed by atoms with Crippen molar-refractivity contribution in [3.63, 3.8) is 0 Å². The highest BCUT2D eigenvalue weighted by atomic mass is 79.9. The van der Waals surface area contributed by atoms with Crippen LogP contribution in [0.1, 0.15) is 10.4 Å². The van der Waals surface area contributed by atoms with Crippen molar-refractivity contribution in [2.24, 2.45) is 0 Å². The fraction of sp³-hybridized carbons (Fsp3) is 0. The van der Waals surface area contributed by atoms with Gasteiger partial charge in [-0.3, -0.25) is 4.98 Å². The molecule has 1 aromatic carbocycles. The fourth-order valence-corrected chi connectivity index (χ4v) is 2.39. The number of benzene rings is 1. The van der Waals surface area contributed by atoms with Crippen LogP contribution < -0.4 is 5.32 Å². The van der Waals surface area contributed by atoms with Crippen molar-refractivity contribution < 1.29 is 9.90 Å². The Morgan fingerprint density at radius 1 is 1.19 bits per heavy atom. The number of carboxylic acids is 1. The van der Waals surface area contributed by atoms with E-state index >= 15 is 0 Å². The zero-order valence-electron chi connectivity index (χ0n) is 10.7.